The maximum absolute atomic E-state index is 12.1. The molecule has 2 aliphatic rings. The number of carbonyl (C=O) groups is 2. The molecule has 0 radical (unpaired) electrons. The van der Waals surface area contributed by atoms with E-state index in [1.807, 2.05) is 12.2 Å². The van der Waals surface area contributed by atoms with Crippen LogP contribution in [0.2, 0.25) is 6.04 Å². The van der Waals surface area contributed by atoms with Crippen LogP contribution in [-0.4, -0.2) is 42.1 Å². The summed E-state index contributed by atoms with van der Waals surface area (Å²) >= 11 is 0. The monoisotopic (exact) mass is 314 g/mol. The third-order valence-electron chi connectivity index (χ3n) is 4.52. The quantitative estimate of drug-likeness (QED) is 0.308. The van der Waals surface area contributed by atoms with Crippen LogP contribution < -0.4 is 0 Å². The number of fused-ring (bicyclic) bond motifs is 1. The summed E-state index contributed by atoms with van der Waals surface area (Å²) in [5.41, 5.74) is -0.801. The zero-order chi connectivity index (χ0) is 15.5. The minimum atomic E-state index is -2.65. The van der Waals surface area contributed by atoms with Gasteiger partial charge in [0.1, 0.15) is 0 Å². The van der Waals surface area contributed by atoms with Gasteiger partial charge < -0.3 is 18.0 Å². The van der Waals surface area contributed by atoms with Crippen LogP contribution in [0.25, 0.3) is 0 Å². The highest BCUT2D eigenvalue weighted by molar-refractivity contribution is 6.60. The highest BCUT2D eigenvalue weighted by Crippen LogP contribution is 2.47. The van der Waals surface area contributed by atoms with Gasteiger partial charge in [-0.1, -0.05) is 12.2 Å². The number of cyclic esters (lactones) is 2. The summed E-state index contributed by atoms with van der Waals surface area (Å²) < 4.78 is 21.0. The average molecular weight is 314 g/mol. The van der Waals surface area contributed by atoms with Gasteiger partial charge in [-0.15, -0.1) is 0 Å². The SMILES string of the molecule is CO[Si](CCCC12C=CCCC1C(=O)OC2=O)(OC)OC. The van der Waals surface area contributed by atoms with Gasteiger partial charge in [0, 0.05) is 27.4 Å². The van der Waals surface area contributed by atoms with Crippen LogP contribution in [0.5, 0.6) is 0 Å². The number of allylic oxidation sites excluding steroid dienone is 1. The Kier molecular flexibility index (Phi) is 4.98. The predicted molar refractivity (Wildman–Crippen MR) is 76.2 cm³/mol. The van der Waals surface area contributed by atoms with Crippen LogP contribution in [0.15, 0.2) is 12.2 Å². The Bertz CT molecular complexity index is 436. The first-order valence-corrected chi connectivity index (χ1v) is 9.06. The normalized spacial score (nSPS) is 28.6. The molecule has 2 atom stereocenters. The van der Waals surface area contributed by atoms with Gasteiger partial charge in [0.05, 0.1) is 11.3 Å². The maximum atomic E-state index is 12.1. The molecule has 0 bridgehead atoms. The molecule has 1 saturated heterocycles. The third kappa shape index (κ3) is 2.83. The van der Waals surface area contributed by atoms with Crippen molar-refractivity contribution >= 4 is 20.7 Å². The number of hydrogen-bond donors (Lipinski definition) is 0. The summed E-state index contributed by atoms with van der Waals surface area (Å²) in [6.07, 6.45) is 6.51. The molecule has 0 aromatic heterocycles. The average Bonchev–Trinajstić information content (AvgIpc) is 2.76. The Hall–Kier alpha value is -1.02. The molecule has 1 aliphatic carbocycles. The molecule has 0 saturated carbocycles. The second kappa shape index (κ2) is 6.39. The first-order valence-electron chi connectivity index (χ1n) is 7.13. The fraction of sp³-hybridized carbons (Fsp3) is 0.714. The van der Waals surface area contributed by atoms with Crippen molar-refractivity contribution < 1.29 is 27.6 Å². The van der Waals surface area contributed by atoms with E-state index in [4.69, 9.17) is 18.0 Å². The minimum absolute atomic E-state index is 0.348. The highest BCUT2D eigenvalue weighted by Gasteiger charge is 2.56. The Morgan fingerprint density at radius 3 is 2.57 bits per heavy atom. The lowest BCUT2D eigenvalue weighted by atomic mass is 9.69. The molecular formula is C14H22O6Si. The van der Waals surface area contributed by atoms with Crippen molar-refractivity contribution in [2.75, 3.05) is 21.3 Å². The molecule has 21 heavy (non-hydrogen) atoms. The Balaban J connectivity index is 2.07. The van der Waals surface area contributed by atoms with Crippen molar-refractivity contribution in [3.8, 4) is 0 Å². The molecule has 0 spiro atoms. The fourth-order valence-corrected chi connectivity index (χ4v) is 4.96. The van der Waals surface area contributed by atoms with Crippen LogP contribution >= 0.6 is 0 Å². The molecule has 1 aliphatic heterocycles. The lowest BCUT2D eigenvalue weighted by Gasteiger charge is -2.30. The van der Waals surface area contributed by atoms with Crippen molar-refractivity contribution in [3.63, 3.8) is 0 Å². The molecule has 0 aromatic carbocycles. The lowest BCUT2D eigenvalue weighted by Crippen LogP contribution is -2.43. The third-order valence-corrected chi connectivity index (χ3v) is 7.36. The van der Waals surface area contributed by atoms with E-state index in [0.29, 0.717) is 25.3 Å². The number of esters is 2. The molecule has 118 valence electrons. The van der Waals surface area contributed by atoms with Gasteiger partial charge in [-0.2, -0.15) is 0 Å². The van der Waals surface area contributed by atoms with E-state index in [0.717, 1.165) is 6.42 Å². The molecule has 1 fully saturated rings. The highest BCUT2D eigenvalue weighted by atomic mass is 28.4. The molecule has 7 heteroatoms. The first kappa shape index (κ1) is 16.3. The van der Waals surface area contributed by atoms with Crippen LogP contribution in [0.1, 0.15) is 25.7 Å². The lowest BCUT2D eigenvalue weighted by molar-refractivity contribution is -0.154. The predicted octanol–water partition coefficient (Wildman–Crippen LogP) is 1.68. The van der Waals surface area contributed by atoms with Crippen LogP contribution in [-0.2, 0) is 27.6 Å². The molecular weight excluding hydrogens is 292 g/mol. The number of hydrogen-bond acceptors (Lipinski definition) is 6. The van der Waals surface area contributed by atoms with Gasteiger partial charge in [-0.25, -0.2) is 0 Å². The molecule has 1 heterocycles. The number of carbonyl (C=O) groups excluding carboxylic acids is 2. The summed E-state index contributed by atoms with van der Waals surface area (Å²) in [5.74, 6) is -1.16. The Morgan fingerprint density at radius 1 is 1.29 bits per heavy atom. The topological polar surface area (TPSA) is 71.1 Å². The van der Waals surface area contributed by atoms with Crippen LogP contribution in [0, 0.1) is 11.3 Å². The molecule has 2 unspecified atom stereocenters. The van der Waals surface area contributed by atoms with Crippen molar-refractivity contribution in [3.05, 3.63) is 12.2 Å². The second-order valence-electron chi connectivity index (χ2n) is 5.43. The van der Waals surface area contributed by atoms with E-state index in [9.17, 15) is 9.59 Å². The maximum Gasteiger partial charge on any atom is 0.500 e. The van der Waals surface area contributed by atoms with Gasteiger partial charge in [0.15, 0.2) is 0 Å². The fourth-order valence-electron chi connectivity index (χ4n) is 3.24. The van der Waals surface area contributed by atoms with Gasteiger partial charge in [-0.05, 0) is 25.7 Å². The van der Waals surface area contributed by atoms with E-state index >= 15 is 0 Å². The standard InChI is InChI=1S/C14H22O6Si/c1-17-21(18-2,19-3)10-6-9-14-8-5-4-7-11(14)12(15)20-13(14)16/h5,8,11H,4,6-7,9-10H2,1-3H3. The van der Waals surface area contributed by atoms with Gasteiger partial charge in [-0.3, -0.25) is 9.59 Å². The zero-order valence-corrected chi connectivity index (χ0v) is 13.7. The Morgan fingerprint density at radius 2 is 1.95 bits per heavy atom. The van der Waals surface area contributed by atoms with E-state index in [1.54, 1.807) is 21.3 Å². The summed E-state index contributed by atoms with van der Waals surface area (Å²) in [5, 5.41) is 0. The van der Waals surface area contributed by atoms with E-state index < -0.39 is 26.2 Å². The number of ether oxygens (including phenoxy) is 1. The van der Waals surface area contributed by atoms with Crippen molar-refractivity contribution in [1.82, 2.24) is 0 Å². The van der Waals surface area contributed by atoms with Crippen molar-refractivity contribution in [2.45, 2.75) is 31.7 Å². The molecule has 0 N–H and O–H groups in total. The van der Waals surface area contributed by atoms with Crippen molar-refractivity contribution in [2.24, 2.45) is 11.3 Å². The van der Waals surface area contributed by atoms with Crippen LogP contribution in [0.4, 0.5) is 0 Å². The smallest absolute Gasteiger partial charge is 0.392 e. The van der Waals surface area contributed by atoms with Gasteiger partial charge >= 0.3 is 20.7 Å². The Labute approximate surface area is 125 Å². The first-order chi connectivity index (χ1) is 10.0. The summed E-state index contributed by atoms with van der Waals surface area (Å²) in [6.45, 7) is 0. The molecule has 0 aromatic rings. The van der Waals surface area contributed by atoms with E-state index in [1.165, 1.54) is 0 Å². The zero-order valence-electron chi connectivity index (χ0n) is 12.7. The summed E-state index contributed by atoms with van der Waals surface area (Å²) in [7, 11) is 2.04. The largest absolute Gasteiger partial charge is 0.500 e. The molecule has 6 nitrogen and oxygen atoms in total. The van der Waals surface area contributed by atoms with Gasteiger partial charge in [0.25, 0.3) is 0 Å². The number of rotatable bonds is 7. The van der Waals surface area contributed by atoms with Crippen LogP contribution in [0.3, 0.4) is 0 Å². The van der Waals surface area contributed by atoms with E-state index in [2.05, 4.69) is 0 Å². The van der Waals surface area contributed by atoms with Crippen molar-refractivity contribution in [1.29, 1.82) is 0 Å². The summed E-state index contributed by atoms with van der Waals surface area (Å²) in [6, 6.07) is 0.598. The molecule has 0 amide bonds. The summed E-state index contributed by atoms with van der Waals surface area (Å²) in [4.78, 5) is 23.9. The molecule has 2 rings (SSSR count). The van der Waals surface area contributed by atoms with E-state index in [-0.39, 0.29) is 5.92 Å². The van der Waals surface area contributed by atoms with Gasteiger partial charge in [0.2, 0.25) is 0 Å². The second-order valence-corrected chi connectivity index (χ2v) is 8.52. The minimum Gasteiger partial charge on any atom is -0.392 e.